The summed E-state index contributed by atoms with van der Waals surface area (Å²) in [7, 11) is -2.18. The van der Waals surface area contributed by atoms with Crippen molar-refractivity contribution in [2.45, 2.75) is 57.2 Å². The number of carbonyl (C=O) groups is 4. The molecular formula is C28H41ClN6O7S2. The van der Waals surface area contributed by atoms with Crippen molar-refractivity contribution in [1.82, 2.24) is 29.6 Å². The van der Waals surface area contributed by atoms with E-state index < -0.39 is 27.9 Å². The zero-order valence-electron chi connectivity index (χ0n) is 25.1. The van der Waals surface area contributed by atoms with Crippen LogP contribution in [0.1, 0.15) is 43.9 Å². The number of likely N-dealkylation sites (N-methyl/N-ethyl adjacent to an activating group) is 1. The van der Waals surface area contributed by atoms with E-state index in [9.17, 15) is 27.6 Å². The lowest BCUT2D eigenvalue weighted by atomic mass is 10.1. The van der Waals surface area contributed by atoms with Crippen LogP contribution in [0.15, 0.2) is 17.5 Å². The molecule has 44 heavy (non-hydrogen) atoms. The van der Waals surface area contributed by atoms with Crippen molar-refractivity contribution in [2.24, 2.45) is 0 Å². The molecule has 0 aliphatic carbocycles. The first-order chi connectivity index (χ1) is 21.0. The summed E-state index contributed by atoms with van der Waals surface area (Å²) in [5, 5.41) is 3.61. The maximum Gasteiger partial charge on any atom is 0.325 e. The van der Waals surface area contributed by atoms with E-state index >= 15 is 0 Å². The van der Waals surface area contributed by atoms with Crippen LogP contribution in [0.2, 0.25) is 4.34 Å². The molecule has 244 valence electrons. The fourth-order valence-corrected chi connectivity index (χ4v) is 7.94. The van der Waals surface area contributed by atoms with Crippen LogP contribution in [0.5, 0.6) is 0 Å². The molecule has 16 heteroatoms. The second kappa shape index (κ2) is 15.5. The van der Waals surface area contributed by atoms with Crippen LogP contribution in [-0.4, -0.2) is 129 Å². The van der Waals surface area contributed by atoms with Crippen LogP contribution in [0.4, 0.5) is 4.79 Å². The molecule has 1 unspecified atom stereocenters. The van der Waals surface area contributed by atoms with Gasteiger partial charge in [0, 0.05) is 62.1 Å². The van der Waals surface area contributed by atoms with E-state index in [4.69, 9.17) is 16.3 Å². The van der Waals surface area contributed by atoms with E-state index in [0.29, 0.717) is 48.2 Å². The highest BCUT2D eigenvalue weighted by Gasteiger charge is 2.37. The van der Waals surface area contributed by atoms with Crippen molar-refractivity contribution >= 4 is 62.9 Å². The number of hydrogen-bond donors (Lipinski definition) is 2. The number of amides is 4. The van der Waals surface area contributed by atoms with Gasteiger partial charge in [0.15, 0.2) is 0 Å². The molecule has 3 atom stereocenters. The number of thiophene rings is 1. The number of sulfonamides is 1. The van der Waals surface area contributed by atoms with Gasteiger partial charge in [-0.3, -0.25) is 19.3 Å². The lowest BCUT2D eigenvalue weighted by Gasteiger charge is -2.34. The van der Waals surface area contributed by atoms with Crippen LogP contribution in [0.25, 0.3) is 6.08 Å². The number of nitrogens with one attached hydrogen (secondary N) is 2. The molecule has 0 spiro atoms. The van der Waals surface area contributed by atoms with Gasteiger partial charge in [-0.25, -0.2) is 13.2 Å². The first-order valence-electron chi connectivity index (χ1n) is 14.9. The third kappa shape index (κ3) is 9.39. The Morgan fingerprint density at radius 2 is 1.93 bits per heavy atom. The molecule has 3 aliphatic rings. The van der Waals surface area contributed by atoms with Crippen molar-refractivity contribution in [3.8, 4) is 0 Å². The van der Waals surface area contributed by atoms with Crippen LogP contribution in [0, 0.1) is 0 Å². The second-order valence-corrected chi connectivity index (χ2v) is 14.6. The number of likely N-dealkylation sites (tertiary alicyclic amines) is 3. The summed E-state index contributed by atoms with van der Waals surface area (Å²) < 4.78 is 33.1. The number of carbonyl (C=O) groups excluding carboxylic acids is 4. The number of urea groups is 1. The predicted octanol–water partition coefficient (Wildman–Crippen LogP) is 1.55. The normalized spacial score (nSPS) is 23.0. The van der Waals surface area contributed by atoms with E-state index in [1.165, 1.54) is 22.3 Å². The molecule has 1 aromatic rings. The molecule has 0 saturated carbocycles. The van der Waals surface area contributed by atoms with E-state index in [0.717, 1.165) is 31.2 Å². The minimum absolute atomic E-state index is 0.00530. The summed E-state index contributed by atoms with van der Waals surface area (Å²) in [4.78, 5) is 58.4. The molecule has 0 aromatic carbocycles. The van der Waals surface area contributed by atoms with E-state index in [-0.39, 0.29) is 43.7 Å². The monoisotopic (exact) mass is 672 g/mol. The molecular weight excluding hydrogens is 632 g/mol. The molecule has 0 bridgehead atoms. The Morgan fingerprint density at radius 3 is 2.66 bits per heavy atom. The Morgan fingerprint density at radius 1 is 1.16 bits per heavy atom. The molecule has 3 fully saturated rings. The Kier molecular flexibility index (Phi) is 12.0. The van der Waals surface area contributed by atoms with Crippen LogP contribution in [-0.2, 0) is 29.1 Å². The highest BCUT2D eigenvalue weighted by molar-refractivity contribution is 7.92. The van der Waals surface area contributed by atoms with Crippen molar-refractivity contribution in [1.29, 1.82) is 0 Å². The summed E-state index contributed by atoms with van der Waals surface area (Å²) in [5.74, 6) is -1.03. The Hall–Kier alpha value is -2.72. The van der Waals surface area contributed by atoms with Gasteiger partial charge in [0.2, 0.25) is 21.8 Å². The van der Waals surface area contributed by atoms with E-state index in [1.54, 1.807) is 31.0 Å². The predicted molar refractivity (Wildman–Crippen MR) is 167 cm³/mol. The van der Waals surface area contributed by atoms with Gasteiger partial charge in [-0.2, -0.15) is 4.72 Å². The molecule has 2 N–H and O–H groups in total. The lowest BCUT2D eigenvalue weighted by molar-refractivity contribution is -0.143. The fourth-order valence-electron chi connectivity index (χ4n) is 5.87. The minimum Gasteiger partial charge on any atom is -0.465 e. The van der Waals surface area contributed by atoms with Crippen molar-refractivity contribution in [2.75, 3.05) is 59.5 Å². The summed E-state index contributed by atoms with van der Waals surface area (Å²) in [6.07, 6.45) is 4.86. The number of ether oxygens (including phenoxy) is 1. The summed E-state index contributed by atoms with van der Waals surface area (Å²) in [6, 6.07) is 2.09. The lowest BCUT2D eigenvalue weighted by Crippen LogP contribution is -2.55. The average molecular weight is 673 g/mol. The summed E-state index contributed by atoms with van der Waals surface area (Å²) >= 11 is 7.15. The number of esters is 1. The van der Waals surface area contributed by atoms with Crippen LogP contribution >= 0.6 is 22.9 Å². The molecule has 1 aromatic heterocycles. The Balaban J connectivity index is 1.25. The maximum absolute atomic E-state index is 13.4. The third-order valence-corrected chi connectivity index (χ3v) is 10.4. The standard InChI is InChI=1S/C28H41ClN6O7S2/c1-3-42-26(37)16-30-28(39)32(2)20-10-14-33(17-20)18-21-6-4-13-35(21)25(36)19-34-12-5-7-23(27(34)38)31-44(40,41)15-11-22-8-9-24(29)43-22/h8-9,11,15,20-21,23,31H,3-7,10,12-14,16-19H2,1-2H3,(H,30,39)/t20?,21-,23-/m0/s1. The van der Waals surface area contributed by atoms with Crippen molar-refractivity contribution < 1.29 is 32.3 Å². The van der Waals surface area contributed by atoms with Gasteiger partial charge in [0.05, 0.1) is 17.5 Å². The molecule has 4 amide bonds. The molecule has 3 aliphatic heterocycles. The second-order valence-electron chi connectivity index (χ2n) is 11.2. The number of halogens is 1. The molecule has 3 saturated heterocycles. The number of hydrogen-bond acceptors (Lipinski definition) is 9. The summed E-state index contributed by atoms with van der Waals surface area (Å²) in [5.41, 5.74) is 0. The highest BCUT2D eigenvalue weighted by atomic mass is 35.5. The van der Waals surface area contributed by atoms with Gasteiger partial charge in [0.25, 0.3) is 0 Å². The zero-order valence-corrected chi connectivity index (χ0v) is 27.5. The van der Waals surface area contributed by atoms with Crippen LogP contribution < -0.4 is 10.0 Å². The molecule has 4 heterocycles. The SMILES string of the molecule is CCOC(=O)CNC(=O)N(C)C1CCN(C[C@@H]2CCCN2C(=O)CN2CCC[C@H](NS(=O)(=O)C=Cc3ccc(Cl)s3)C2=O)C1. The Labute approximate surface area is 267 Å². The van der Waals surface area contributed by atoms with E-state index in [1.807, 2.05) is 4.90 Å². The van der Waals surface area contributed by atoms with Gasteiger partial charge in [-0.05, 0) is 57.2 Å². The third-order valence-electron chi connectivity index (χ3n) is 8.14. The fraction of sp³-hybridized carbons (Fsp3) is 0.643. The number of nitrogens with zero attached hydrogens (tertiary/aromatic N) is 4. The quantitative estimate of drug-likeness (QED) is 0.318. The molecule has 0 radical (unpaired) electrons. The van der Waals surface area contributed by atoms with Gasteiger partial charge in [-0.1, -0.05) is 11.6 Å². The topological polar surface area (TPSA) is 149 Å². The smallest absolute Gasteiger partial charge is 0.325 e. The molecule has 13 nitrogen and oxygen atoms in total. The van der Waals surface area contributed by atoms with Gasteiger partial charge in [-0.15, -0.1) is 11.3 Å². The van der Waals surface area contributed by atoms with Crippen molar-refractivity contribution in [3.05, 3.63) is 26.8 Å². The first kappa shape index (κ1) is 34.2. The zero-order chi connectivity index (χ0) is 31.9. The van der Waals surface area contributed by atoms with Gasteiger partial charge in [0.1, 0.15) is 12.6 Å². The Bertz CT molecular complexity index is 1340. The largest absolute Gasteiger partial charge is 0.465 e. The highest BCUT2D eigenvalue weighted by Crippen LogP contribution is 2.24. The maximum atomic E-state index is 13.4. The van der Waals surface area contributed by atoms with Crippen molar-refractivity contribution in [3.63, 3.8) is 0 Å². The average Bonchev–Trinajstić information content (AvgIpc) is 3.74. The van der Waals surface area contributed by atoms with Gasteiger partial charge >= 0.3 is 12.0 Å². The van der Waals surface area contributed by atoms with Crippen LogP contribution in [0.3, 0.4) is 0 Å². The molecule has 4 rings (SSSR count). The van der Waals surface area contributed by atoms with Gasteiger partial charge < -0.3 is 24.8 Å². The number of rotatable bonds is 12. The number of piperidine rings is 1. The van der Waals surface area contributed by atoms with E-state index in [2.05, 4.69) is 14.9 Å². The summed E-state index contributed by atoms with van der Waals surface area (Å²) in [6.45, 7) is 4.78. The minimum atomic E-state index is -3.88. The first-order valence-corrected chi connectivity index (χ1v) is 17.6.